The molecule has 1 aliphatic rings. The summed E-state index contributed by atoms with van der Waals surface area (Å²) in [6.07, 6.45) is -4.18. The highest BCUT2D eigenvalue weighted by molar-refractivity contribution is 7.94. The molecule has 0 amide bonds. The minimum Gasteiger partial charge on any atom is -0.488 e. The molecule has 2 aromatic carbocycles. The van der Waals surface area contributed by atoms with E-state index in [1.165, 1.54) is 6.07 Å². The van der Waals surface area contributed by atoms with E-state index in [1.807, 2.05) is 24.1 Å². The van der Waals surface area contributed by atoms with Crippen molar-refractivity contribution in [2.75, 3.05) is 24.9 Å². The average molecular weight is 522 g/mol. The summed E-state index contributed by atoms with van der Waals surface area (Å²) in [6.45, 7) is 1.20. The van der Waals surface area contributed by atoms with Crippen LogP contribution in [-0.4, -0.2) is 39.6 Å². The number of nitrogens with one attached hydrogen (secondary N) is 1. The zero-order chi connectivity index (χ0) is 25.2. The molecule has 1 atom stereocenters. The summed E-state index contributed by atoms with van der Waals surface area (Å²) < 4.78 is 74.5. The van der Waals surface area contributed by atoms with E-state index in [1.54, 1.807) is 18.2 Å². The SMILES string of the molecule is CN1CCC(Oc2cc(NS(=O)(=O)c3ccc(-c4ccc(CC#N)cc4)s3)ccc2C(F)(F)F)C1. The number of hydrogen-bond acceptors (Lipinski definition) is 6. The van der Waals surface area contributed by atoms with Crippen LogP contribution in [0, 0.1) is 11.3 Å². The molecule has 2 heterocycles. The molecule has 6 nitrogen and oxygen atoms in total. The fourth-order valence-electron chi connectivity index (χ4n) is 3.79. The zero-order valence-electron chi connectivity index (χ0n) is 18.7. The van der Waals surface area contributed by atoms with Crippen molar-refractivity contribution >= 4 is 27.0 Å². The van der Waals surface area contributed by atoms with E-state index in [2.05, 4.69) is 10.8 Å². The molecule has 0 aliphatic carbocycles. The number of likely N-dealkylation sites (N-methyl/N-ethyl adjacent to an activating group) is 1. The number of sulfonamides is 1. The van der Waals surface area contributed by atoms with E-state index in [9.17, 15) is 21.6 Å². The van der Waals surface area contributed by atoms with Crippen molar-refractivity contribution in [1.82, 2.24) is 4.90 Å². The Morgan fingerprint density at radius 3 is 2.54 bits per heavy atom. The van der Waals surface area contributed by atoms with Crippen LogP contribution in [0.15, 0.2) is 58.8 Å². The van der Waals surface area contributed by atoms with Crippen molar-refractivity contribution in [3.63, 3.8) is 0 Å². The number of thiophene rings is 1. The van der Waals surface area contributed by atoms with Gasteiger partial charge in [-0.15, -0.1) is 11.3 Å². The van der Waals surface area contributed by atoms with Gasteiger partial charge in [-0.1, -0.05) is 24.3 Å². The van der Waals surface area contributed by atoms with Gasteiger partial charge in [0, 0.05) is 24.0 Å². The summed E-state index contributed by atoms with van der Waals surface area (Å²) >= 11 is 1.04. The van der Waals surface area contributed by atoms with Crippen LogP contribution in [-0.2, 0) is 22.6 Å². The number of nitriles is 1. The van der Waals surface area contributed by atoms with Crippen molar-refractivity contribution in [3.8, 4) is 22.3 Å². The third kappa shape index (κ3) is 5.96. The van der Waals surface area contributed by atoms with Crippen molar-refractivity contribution in [2.45, 2.75) is 29.3 Å². The Balaban J connectivity index is 1.56. The van der Waals surface area contributed by atoms with Crippen molar-refractivity contribution in [2.24, 2.45) is 0 Å². The fraction of sp³-hybridized carbons (Fsp3) is 0.292. The first-order valence-electron chi connectivity index (χ1n) is 10.7. The summed E-state index contributed by atoms with van der Waals surface area (Å²) in [5.74, 6) is -0.401. The quantitative estimate of drug-likeness (QED) is 0.451. The Bertz CT molecular complexity index is 1350. The monoisotopic (exact) mass is 521 g/mol. The molecule has 1 unspecified atom stereocenters. The molecule has 35 heavy (non-hydrogen) atoms. The summed E-state index contributed by atoms with van der Waals surface area (Å²) in [5, 5.41) is 8.79. The smallest absolute Gasteiger partial charge is 0.419 e. The van der Waals surface area contributed by atoms with E-state index in [-0.39, 0.29) is 16.3 Å². The predicted molar refractivity (Wildman–Crippen MR) is 128 cm³/mol. The van der Waals surface area contributed by atoms with E-state index in [0.717, 1.165) is 40.7 Å². The first-order valence-corrected chi connectivity index (χ1v) is 13.0. The van der Waals surface area contributed by atoms with Gasteiger partial charge in [-0.3, -0.25) is 4.72 Å². The molecule has 1 aliphatic heterocycles. The van der Waals surface area contributed by atoms with Gasteiger partial charge in [0.25, 0.3) is 10.0 Å². The number of hydrogen-bond donors (Lipinski definition) is 1. The van der Waals surface area contributed by atoms with Gasteiger partial charge in [0.05, 0.1) is 23.7 Å². The Morgan fingerprint density at radius 1 is 1.17 bits per heavy atom. The molecule has 0 spiro atoms. The van der Waals surface area contributed by atoms with Gasteiger partial charge in [-0.05, 0) is 48.9 Å². The number of alkyl halides is 3. The Labute approximate surface area is 205 Å². The number of halogens is 3. The summed E-state index contributed by atoms with van der Waals surface area (Å²) in [5.41, 5.74) is 0.681. The normalized spacial score (nSPS) is 16.7. The van der Waals surface area contributed by atoms with Crippen molar-refractivity contribution < 1.29 is 26.3 Å². The molecule has 0 radical (unpaired) electrons. The average Bonchev–Trinajstić information content (AvgIpc) is 3.43. The molecule has 0 saturated carbocycles. The van der Waals surface area contributed by atoms with E-state index < -0.39 is 33.6 Å². The van der Waals surface area contributed by atoms with Crippen molar-refractivity contribution in [3.05, 3.63) is 65.7 Å². The molecule has 3 aromatic rings. The summed E-state index contributed by atoms with van der Waals surface area (Å²) in [7, 11) is -2.18. The summed E-state index contributed by atoms with van der Waals surface area (Å²) in [6, 6.07) is 15.4. The lowest BCUT2D eigenvalue weighted by Crippen LogP contribution is -2.23. The largest absolute Gasteiger partial charge is 0.488 e. The molecular weight excluding hydrogens is 499 g/mol. The Morgan fingerprint density at radius 2 is 1.91 bits per heavy atom. The maximum absolute atomic E-state index is 13.5. The standard InChI is InChI=1S/C24H22F3N3O3S2/c1-30-13-11-19(15-30)33-21-14-18(6-7-20(21)24(25,26)27)29-35(31,32)23-9-8-22(34-23)17-4-2-16(3-5-17)10-12-28/h2-9,14,19,29H,10-11,13,15H2,1H3. The van der Waals surface area contributed by atoms with Crippen LogP contribution >= 0.6 is 11.3 Å². The minimum absolute atomic E-state index is 0.0184. The van der Waals surface area contributed by atoms with Gasteiger partial charge in [-0.25, -0.2) is 8.42 Å². The molecule has 184 valence electrons. The third-order valence-corrected chi connectivity index (χ3v) is 8.56. The maximum Gasteiger partial charge on any atom is 0.419 e. The lowest BCUT2D eigenvalue weighted by molar-refractivity contribution is -0.139. The minimum atomic E-state index is -4.64. The lowest BCUT2D eigenvalue weighted by Gasteiger charge is -2.19. The number of likely N-dealkylation sites (tertiary alicyclic amines) is 1. The maximum atomic E-state index is 13.5. The molecule has 0 bridgehead atoms. The second kappa shape index (κ2) is 9.89. The highest BCUT2D eigenvalue weighted by Crippen LogP contribution is 2.39. The number of anilines is 1. The molecule has 1 fully saturated rings. The number of ether oxygens (including phenoxy) is 1. The van der Waals surface area contributed by atoms with Crippen molar-refractivity contribution in [1.29, 1.82) is 5.26 Å². The van der Waals surface area contributed by atoms with Gasteiger partial charge >= 0.3 is 6.18 Å². The fourth-order valence-corrected chi connectivity index (χ4v) is 6.15. The van der Waals surface area contributed by atoms with E-state index in [4.69, 9.17) is 10.00 Å². The van der Waals surface area contributed by atoms with Crippen LogP contribution in [0.3, 0.4) is 0 Å². The molecular formula is C24H22F3N3O3S2. The second-order valence-corrected chi connectivity index (χ2v) is 11.2. The predicted octanol–water partition coefficient (Wildman–Crippen LogP) is 5.38. The Hall–Kier alpha value is -3.07. The highest BCUT2D eigenvalue weighted by Gasteiger charge is 2.36. The van der Waals surface area contributed by atoms with Crippen LogP contribution in [0.25, 0.3) is 10.4 Å². The number of nitrogens with zero attached hydrogens (tertiary/aromatic N) is 2. The molecule has 1 saturated heterocycles. The highest BCUT2D eigenvalue weighted by atomic mass is 32.2. The molecule has 1 aromatic heterocycles. The number of rotatable bonds is 7. The van der Waals surface area contributed by atoms with E-state index >= 15 is 0 Å². The third-order valence-electron chi connectivity index (χ3n) is 5.55. The van der Waals surface area contributed by atoms with Crippen LogP contribution in [0.2, 0.25) is 0 Å². The van der Waals surface area contributed by atoms with Gasteiger partial charge in [0.2, 0.25) is 0 Å². The van der Waals surface area contributed by atoms with Crippen LogP contribution in [0.5, 0.6) is 5.75 Å². The van der Waals surface area contributed by atoms with Gasteiger partial charge < -0.3 is 9.64 Å². The summed E-state index contributed by atoms with van der Waals surface area (Å²) in [4.78, 5) is 2.66. The van der Waals surface area contributed by atoms with Crippen LogP contribution < -0.4 is 9.46 Å². The zero-order valence-corrected chi connectivity index (χ0v) is 20.3. The number of benzene rings is 2. The second-order valence-electron chi connectivity index (χ2n) is 8.26. The molecule has 4 rings (SSSR count). The Kier molecular flexibility index (Phi) is 7.07. The molecule has 11 heteroatoms. The first kappa shape index (κ1) is 25.0. The van der Waals surface area contributed by atoms with Gasteiger partial charge in [0.15, 0.2) is 0 Å². The van der Waals surface area contributed by atoms with Gasteiger partial charge in [0.1, 0.15) is 16.1 Å². The lowest BCUT2D eigenvalue weighted by atomic mass is 10.1. The van der Waals surface area contributed by atoms with Gasteiger partial charge in [-0.2, -0.15) is 18.4 Å². The first-order chi connectivity index (χ1) is 16.5. The van der Waals surface area contributed by atoms with Crippen LogP contribution in [0.1, 0.15) is 17.5 Å². The van der Waals surface area contributed by atoms with E-state index in [0.29, 0.717) is 24.4 Å². The topological polar surface area (TPSA) is 82.4 Å². The molecule has 1 N–H and O–H groups in total. The van der Waals surface area contributed by atoms with Crippen LogP contribution in [0.4, 0.5) is 18.9 Å².